The summed E-state index contributed by atoms with van der Waals surface area (Å²) < 4.78 is 0. The summed E-state index contributed by atoms with van der Waals surface area (Å²) in [7, 11) is 0. The third-order valence-corrected chi connectivity index (χ3v) is 4.63. The highest BCUT2D eigenvalue weighted by Gasteiger charge is 2.23. The van der Waals surface area contributed by atoms with Gasteiger partial charge in [0.2, 0.25) is 0 Å². The number of aromatic nitrogens is 2. The fourth-order valence-electron chi connectivity index (χ4n) is 2.58. The largest absolute Gasteiger partial charge is 0.352 e. The second-order valence-electron chi connectivity index (χ2n) is 5.73. The predicted octanol–water partition coefficient (Wildman–Crippen LogP) is 3.37. The number of hydrogen-bond donors (Lipinski definition) is 1. The highest BCUT2D eigenvalue weighted by atomic mass is 35.5. The lowest BCUT2D eigenvalue weighted by Crippen LogP contribution is -2.53. The van der Waals surface area contributed by atoms with Crippen molar-refractivity contribution in [3.8, 4) is 0 Å². The van der Waals surface area contributed by atoms with Crippen LogP contribution in [0.25, 0.3) is 11.0 Å². The van der Waals surface area contributed by atoms with E-state index in [1.807, 2.05) is 6.20 Å². The predicted molar refractivity (Wildman–Crippen MR) is 88.4 cm³/mol. The number of fused-ring (bicyclic) bond motifs is 1. The Morgan fingerprint density at radius 2 is 1.95 bits per heavy atom. The van der Waals surface area contributed by atoms with Crippen molar-refractivity contribution in [2.24, 2.45) is 5.92 Å². The van der Waals surface area contributed by atoms with Gasteiger partial charge >= 0.3 is 0 Å². The molecule has 1 aliphatic heterocycles. The summed E-state index contributed by atoms with van der Waals surface area (Å²) in [6.07, 6.45) is 1.81. The van der Waals surface area contributed by atoms with Crippen molar-refractivity contribution in [1.82, 2.24) is 15.3 Å². The molecule has 0 spiro atoms. The monoisotopic (exact) mass is 324 g/mol. The molecule has 0 radical (unpaired) electrons. The molecule has 1 atom stereocenters. The van der Waals surface area contributed by atoms with Crippen molar-refractivity contribution in [2.75, 3.05) is 24.5 Å². The van der Waals surface area contributed by atoms with E-state index in [4.69, 9.17) is 23.2 Å². The Labute approximate surface area is 134 Å². The van der Waals surface area contributed by atoms with Gasteiger partial charge in [0.1, 0.15) is 5.82 Å². The van der Waals surface area contributed by atoms with Gasteiger partial charge in [-0.2, -0.15) is 0 Å². The molecule has 2 heterocycles. The van der Waals surface area contributed by atoms with Gasteiger partial charge in [-0.3, -0.25) is 4.98 Å². The maximum Gasteiger partial charge on any atom is 0.147 e. The molecule has 4 nitrogen and oxygen atoms in total. The Kier molecular flexibility index (Phi) is 4.20. The first-order valence-corrected chi connectivity index (χ1v) is 7.90. The molecule has 1 saturated heterocycles. The first-order chi connectivity index (χ1) is 10.0. The number of nitrogens with one attached hydrogen (secondary N) is 1. The van der Waals surface area contributed by atoms with E-state index in [0.717, 1.165) is 36.5 Å². The third kappa shape index (κ3) is 3.07. The molecule has 1 aromatic heterocycles. The lowest BCUT2D eigenvalue weighted by molar-refractivity contribution is 0.367. The van der Waals surface area contributed by atoms with Crippen LogP contribution in [0.15, 0.2) is 18.3 Å². The van der Waals surface area contributed by atoms with Crippen LogP contribution in [-0.4, -0.2) is 35.6 Å². The standard InChI is InChI=1S/C15H18Cl2N4/c1-9(2)14-8-21(4-3-18-14)15-7-19-12-5-10(16)11(17)6-13(12)20-15/h5-7,9,14,18H,3-4,8H2,1-2H3/t14-/m0/s1. The molecule has 3 rings (SSSR count). The Morgan fingerprint density at radius 3 is 2.67 bits per heavy atom. The molecule has 0 unspecified atom stereocenters. The summed E-state index contributed by atoms with van der Waals surface area (Å²) in [5.74, 6) is 1.49. The Bertz CT molecular complexity index is 659. The molecule has 2 aromatic rings. The maximum atomic E-state index is 6.07. The van der Waals surface area contributed by atoms with Gasteiger partial charge in [-0.05, 0) is 18.1 Å². The zero-order chi connectivity index (χ0) is 15.0. The van der Waals surface area contributed by atoms with E-state index in [1.165, 1.54) is 0 Å². The zero-order valence-electron chi connectivity index (χ0n) is 12.1. The zero-order valence-corrected chi connectivity index (χ0v) is 13.6. The number of benzene rings is 1. The van der Waals surface area contributed by atoms with Gasteiger partial charge in [-0.1, -0.05) is 37.0 Å². The second-order valence-corrected chi connectivity index (χ2v) is 6.55. The summed E-state index contributed by atoms with van der Waals surface area (Å²) in [5.41, 5.74) is 1.55. The van der Waals surface area contributed by atoms with Gasteiger partial charge in [-0.15, -0.1) is 0 Å². The summed E-state index contributed by atoms with van der Waals surface area (Å²) in [6.45, 7) is 7.30. The molecule has 1 fully saturated rings. The molecule has 6 heteroatoms. The van der Waals surface area contributed by atoms with Crippen LogP contribution in [-0.2, 0) is 0 Å². The van der Waals surface area contributed by atoms with Crippen molar-refractivity contribution in [3.63, 3.8) is 0 Å². The highest BCUT2D eigenvalue weighted by Crippen LogP contribution is 2.27. The van der Waals surface area contributed by atoms with Gasteiger partial charge in [0.15, 0.2) is 0 Å². The van der Waals surface area contributed by atoms with Crippen LogP contribution in [0.5, 0.6) is 0 Å². The number of piperazine rings is 1. The fraction of sp³-hybridized carbons (Fsp3) is 0.467. The lowest BCUT2D eigenvalue weighted by Gasteiger charge is -2.36. The van der Waals surface area contributed by atoms with E-state index in [9.17, 15) is 0 Å². The quantitative estimate of drug-likeness (QED) is 0.919. The third-order valence-electron chi connectivity index (χ3n) is 3.91. The summed E-state index contributed by atoms with van der Waals surface area (Å²) in [4.78, 5) is 11.4. The number of anilines is 1. The second kappa shape index (κ2) is 5.95. The van der Waals surface area contributed by atoms with E-state index in [2.05, 4.69) is 34.0 Å². The van der Waals surface area contributed by atoms with Crippen LogP contribution in [0.3, 0.4) is 0 Å². The average Bonchev–Trinajstić information content (AvgIpc) is 2.48. The SMILES string of the molecule is CC(C)[C@@H]1CN(c2cnc3cc(Cl)c(Cl)cc3n2)CCN1. The van der Waals surface area contributed by atoms with Crippen molar-refractivity contribution >= 4 is 40.1 Å². The molecule has 1 aliphatic rings. The molecule has 1 N–H and O–H groups in total. The van der Waals surface area contributed by atoms with E-state index >= 15 is 0 Å². The number of hydrogen-bond acceptors (Lipinski definition) is 4. The van der Waals surface area contributed by atoms with E-state index in [-0.39, 0.29) is 0 Å². The minimum atomic E-state index is 0.477. The Hall–Kier alpha value is -1.10. The van der Waals surface area contributed by atoms with E-state index in [1.54, 1.807) is 12.1 Å². The maximum absolute atomic E-state index is 6.07. The molecule has 1 aromatic carbocycles. The van der Waals surface area contributed by atoms with Crippen LogP contribution in [0, 0.1) is 5.92 Å². The normalized spacial score (nSPS) is 19.5. The molecule has 21 heavy (non-hydrogen) atoms. The molecule has 0 saturated carbocycles. The first-order valence-electron chi connectivity index (χ1n) is 7.14. The molecular weight excluding hydrogens is 307 g/mol. The minimum Gasteiger partial charge on any atom is -0.352 e. The van der Waals surface area contributed by atoms with E-state index in [0.29, 0.717) is 22.0 Å². The minimum absolute atomic E-state index is 0.477. The van der Waals surface area contributed by atoms with Gasteiger partial charge in [-0.25, -0.2) is 4.98 Å². The van der Waals surface area contributed by atoms with Gasteiger partial charge in [0.25, 0.3) is 0 Å². The number of rotatable bonds is 2. The molecule has 0 amide bonds. The van der Waals surface area contributed by atoms with Gasteiger partial charge in [0.05, 0.1) is 27.3 Å². The molecule has 0 aliphatic carbocycles. The topological polar surface area (TPSA) is 41.1 Å². The van der Waals surface area contributed by atoms with E-state index < -0.39 is 0 Å². The molecule has 0 bridgehead atoms. The van der Waals surface area contributed by atoms with Crippen LogP contribution >= 0.6 is 23.2 Å². The highest BCUT2D eigenvalue weighted by molar-refractivity contribution is 6.42. The van der Waals surface area contributed by atoms with Crippen LogP contribution in [0.1, 0.15) is 13.8 Å². The first kappa shape index (κ1) is 14.8. The number of halogens is 2. The van der Waals surface area contributed by atoms with Gasteiger partial charge < -0.3 is 10.2 Å². The average molecular weight is 325 g/mol. The molecular formula is C15H18Cl2N4. The van der Waals surface area contributed by atoms with Crippen LogP contribution < -0.4 is 10.2 Å². The smallest absolute Gasteiger partial charge is 0.147 e. The number of nitrogens with zero attached hydrogens (tertiary/aromatic N) is 3. The summed E-state index contributed by atoms with van der Waals surface area (Å²) in [5, 5.41) is 4.56. The summed E-state index contributed by atoms with van der Waals surface area (Å²) in [6, 6.07) is 4.01. The Balaban J connectivity index is 1.91. The summed E-state index contributed by atoms with van der Waals surface area (Å²) >= 11 is 12.1. The van der Waals surface area contributed by atoms with Crippen molar-refractivity contribution < 1.29 is 0 Å². The van der Waals surface area contributed by atoms with Crippen LogP contribution in [0.2, 0.25) is 10.0 Å². The van der Waals surface area contributed by atoms with Gasteiger partial charge in [0, 0.05) is 25.7 Å². The van der Waals surface area contributed by atoms with Crippen molar-refractivity contribution in [2.45, 2.75) is 19.9 Å². The lowest BCUT2D eigenvalue weighted by atomic mass is 10.0. The fourth-order valence-corrected chi connectivity index (χ4v) is 2.90. The van der Waals surface area contributed by atoms with Crippen LogP contribution in [0.4, 0.5) is 5.82 Å². The van der Waals surface area contributed by atoms with Crippen molar-refractivity contribution in [3.05, 3.63) is 28.4 Å². The Morgan fingerprint density at radius 1 is 1.24 bits per heavy atom. The van der Waals surface area contributed by atoms with Crippen molar-refractivity contribution in [1.29, 1.82) is 0 Å². The molecule has 112 valence electrons.